The summed E-state index contributed by atoms with van der Waals surface area (Å²) in [6.45, 7) is 4.46. The van der Waals surface area contributed by atoms with Crippen molar-refractivity contribution in [1.29, 1.82) is 0 Å². The molecule has 0 aliphatic carbocycles. The molecular formula is C19H25FN4O3. The van der Waals surface area contributed by atoms with Crippen LogP contribution in [0.15, 0.2) is 18.3 Å². The predicted molar refractivity (Wildman–Crippen MR) is 95.6 cm³/mol. The van der Waals surface area contributed by atoms with Gasteiger partial charge in [0, 0.05) is 63.0 Å². The van der Waals surface area contributed by atoms with Gasteiger partial charge in [-0.1, -0.05) is 0 Å². The van der Waals surface area contributed by atoms with Gasteiger partial charge in [-0.05, 0) is 19.5 Å². The first-order chi connectivity index (χ1) is 13.0. The largest absolute Gasteiger partial charge is 0.372 e. The lowest BCUT2D eigenvalue weighted by atomic mass is 10.0. The third kappa shape index (κ3) is 3.96. The molecule has 1 aromatic rings. The third-order valence-electron chi connectivity index (χ3n) is 5.83. The molecule has 0 bridgehead atoms. The number of pyridine rings is 1. The van der Waals surface area contributed by atoms with Crippen LogP contribution in [0.2, 0.25) is 0 Å². The second kappa shape index (κ2) is 7.52. The lowest BCUT2D eigenvalue weighted by molar-refractivity contribution is -0.135. The van der Waals surface area contributed by atoms with E-state index in [4.69, 9.17) is 4.74 Å². The Bertz CT molecular complexity index is 709. The van der Waals surface area contributed by atoms with Crippen LogP contribution < -0.4 is 0 Å². The number of amides is 2. The van der Waals surface area contributed by atoms with Crippen molar-refractivity contribution >= 4 is 11.8 Å². The van der Waals surface area contributed by atoms with E-state index in [1.54, 1.807) is 4.90 Å². The monoisotopic (exact) mass is 376 g/mol. The van der Waals surface area contributed by atoms with Gasteiger partial charge in [0.2, 0.25) is 11.9 Å². The van der Waals surface area contributed by atoms with Crippen LogP contribution in [0.1, 0.15) is 23.2 Å². The molecule has 8 heteroatoms. The van der Waals surface area contributed by atoms with Gasteiger partial charge in [-0.3, -0.25) is 9.59 Å². The molecule has 146 valence electrons. The summed E-state index contributed by atoms with van der Waals surface area (Å²) >= 11 is 0. The second-order valence-electron chi connectivity index (χ2n) is 7.76. The Morgan fingerprint density at radius 2 is 2.00 bits per heavy atom. The van der Waals surface area contributed by atoms with Gasteiger partial charge in [0.1, 0.15) is 0 Å². The van der Waals surface area contributed by atoms with Gasteiger partial charge in [0.15, 0.2) is 0 Å². The smallest absolute Gasteiger partial charge is 0.254 e. The summed E-state index contributed by atoms with van der Waals surface area (Å²) in [4.78, 5) is 34.4. The molecule has 4 rings (SSSR count). The molecule has 0 aromatic carbocycles. The summed E-state index contributed by atoms with van der Waals surface area (Å²) in [6.07, 6.45) is 2.41. The number of aromatic nitrogens is 1. The van der Waals surface area contributed by atoms with E-state index in [2.05, 4.69) is 16.9 Å². The number of piperazine rings is 1. The van der Waals surface area contributed by atoms with Crippen molar-refractivity contribution in [1.82, 2.24) is 19.7 Å². The van der Waals surface area contributed by atoms with Crippen molar-refractivity contribution in [2.75, 3.05) is 46.3 Å². The SMILES string of the molecule is CN1CCN(C(=O)C[C@@H]2C[C@H]3CN(C(=O)c4ccnc(F)c4)C[C@H]3O2)CC1. The number of ether oxygens (including phenoxy) is 1. The van der Waals surface area contributed by atoms with Crippen LogP contribution in [0, 0.1) is 11.9 Å². The Kier molecular flexibility index (Phi) is 5.10. The summed E-state index contributed by atoms with van der Waals surface area (Å²) in [6, 6.07) is 2.69. The maximum atomic E-state index is 13.2. The van der Waals surface area contributed by atoms with E-state index >= 15 is 0 Å². The van der Waals surface area contributed by atoms with Gasteiger partial charge < -0.3 is 19.4 Å². The zero-order chi connectivity index (χ0) is 19.0. The summed E-state index contributed by atoms with van der Waals surface area (Å²) in [5, 5.41) is 0. The molecule has 3 atom stereocenters. The number of fused-ring (bicyclic) bond motifs is 1. The molecule has 7 nitrogen and oxygen atoms in total. The topological polar surface area (TPSA) is 66.0 Å². The quantitative estimate of drug-likeness (QED) is 0.724. The number of nitrogens with zero attached hydrogens (tertiary/aromatic N) is 4. The van der Waals surface area contributed by atoms with E-state index in [1.807, 2.05) is 4.90 Å². The Morgan fingerprint density at radius 1 is 1.22 bits per heavy atom. The first kappa shape index (κ1) is 18.3. The fourth-order valence-electron chi connectivity index (χ4n) is 4.26. The zero-order valence-corrected chi connectivity index (χ0v) is 15.5. The van der Waals surface area contributed by atoms with E-state index in [0.29, 0.717) is 25.1 Å². The summed E-state index contributed by atoms with van der Waals surface area (Å²) in [5.74, 6) is -0.447. The summed E-state index contributed by atoms with van der Waals surface area (Å²) in [7, 11) is 2.07. The molecule has 2 amide bonds. The van der Waals surface area contributed by atoms with Crippen molar-refractivity contribution in [2.24, 2.45) is 5.92 Å². The number of carbonyl (C=O) groups is 2. The number of hydrogen-bond donors (Lipinski definition) is 0. The minimum Gasteiger partial charge on any atom is -0.372 e. The minimum atomic E-state index is -0.654. The molecule has 3 fully saturated rings. The van der Waals surface area contributed by atoms with Crippen molar-refractivity contribution < 1.29 is 18.7 Å². The van der Waals surface area contributed by atoms with E-state index in [-0.39, 0.29) is 29.9 Å². The standard InChI is InChI=1S/C19H25FN4O3/c1-22-4-6-23(7-5-22)18(25)10-15-8-14-11-24(12-16(14)27-15)19(26)13-2-3-21-17(20)9-13/h2-3,9,14-16H,4-8,10-12H2,1H3/t14-,15-,16+/m0/s1. The first-order valence-corrected chi connectivity index (χ1v) is 9.52. The summed E-state index contributed by atoms with van der Waals surface area (Å²) in [5.41, 5.74) is 0.310. The Hall–Kier alpha value is -2.06. The molecule has 4 heterocycles. The number of likely N-dealkylation sites (N-methyl/N-ethyl adjacent to an activating group) is 1. The minimum absolute atomic E-state index is 0.0362. The average Bonchev–Trinajstić information content (AvgIpc) is 3.20. The van der Waals surface area contributed by atoms with Gasteiger partial charge in [0.05, 0.1) is 18.6 Å². The molecule has 0 saturated carbocycles. The molecule has 0 N–H and O–H groups in total. The van der Waals surface area contributed by atoms with Crippen LogP contribution in [0.4, 0.5) is 4.39 Å². The van der Waals surface area contributed by atoms with Crippen LogP contribution in [-0.2, 0) is 9.53 Å². The second-order valence-corrected chi connectivity index (χ2v) is 7.76. The van der Waals surface area contributed by atoms with Crippen LogP contribution in [-0.4, -0.2) is 90.0 Å². The highest BCUT2D eigenvalue weighted by atomic mass is 19.1. The van der Waals surface area contributed by atoms with Gasteiger partial charge in [-0.25, -0.2) is 4.98 Å². The highest BCUT2D eigenvalue weighted by Crippen LogP contribution is 2.35. The van der Waals surface area contributed by atoms with Crippen LogP contribution in [0.5, 0.6) is 0 Å². The molecule has 3 aliphatic rings. The molecule has 0 unspecified atom stereocenters. The van der Waals surface area contributed by atoms with E-state index in [1.165, 1.54) is 12.3 Å². The number of rotatable bonds is 3. The Labute approximate surface area is 158 Å². The van der Waals surface area contributed by atoms with Crippen molar-refractivity contribution in [3.8, 4) is 0 Å². The fraction of sp³-hybridized carbons (Fsp3) is 0.632. The van der Waals surface area contributed by atoms with Gasteiger partial charge in [-0.2, -0.15) is 4.39 Å². The van der Waals surface area contributed by atoms with Gasteiger partial charge >= 0.3 is 0 Å². The molecule has 0 spiro atoms. The normalized spacial score (nSPS) is 28.4. The number of likely N-dealkylation sites (tertiary alicyclic amines) is 1. The molecular weight excluding hydrogens is 351 g/mol. The average molecular weight is 376 g/mol. The highest BCUT2D eigenvalue weighted by molar-refractivity contribution is 5.94. The van der Waals surface area contributed by atoms with Crippen LogP contribution in [0.25, 0.3) is 0 Å². The number of hydrogen-bond acceptors (Lipinski definition) is 5. The molecule has 1 aromatic heterocycles. The zero-order valence-electron chi connectivity index (χ0n) is 15.5. The molecule has 3 aliphatic heterocycles. The molecule has 0 radical (unpaired) electrons. The van der Waals surface area contributed by atoms with Crippen molar-refractivity contribution in [3.05, 3.63) is 29.8 Å². The van der Waals surface area contributed by atoms with E-state index in [0.717, 1.165) is 38.7 Å². The Balaban J connectivity index is 1.28. The van der Waals surface area contributed by atoms with Gasteiger partial charge in [-0.15, -0.1) is 0 Å². The predicted octanol–water partition coefficient (Wildman–Crippen LogP) is 0.614. The van der Waals surface area contributed by atoms with E-state index in [9.17, 15) is 14.0 Å². The lowest BCUT2D eigenvalue weighted by Crippen LogP contribution is -2.47. The highest BCUT2D eigenvalue weighted by Gasteiger charge is 2.44. The first-order valence-electron chi connectivity index (χ1n) is 9.52. The lowest BCUT2D eigenvalue weighted by Gasteiger charge is -2.33. The maximum absolute atomic E-state index is 13.2. The van der Waals surface area contributed by atoms with E-state index < -0.39 is 5.95 Å². The van der Waals surface area contributed by atoms with Crippen LogP contribution in [0.3, 0.4) is 0 Å². The Morgan fingerprint density at radius 3 is 2.70 bits per heavy atom. The fourth-order valence-corrected chi connectivity index (χ4v) is 4.26. The van der Waals surface area contributed by atoms with Crippen molar-refractivity contribution in [2.45, 2.75) is 25.0 Å². The number of carbonyl (C=O) groups excluding carboxylic acids is 2. The third-order valence-corrected chi connectivity index (χ3v) is 5.83. The molecule has 27 heavy (non-hydrogen) atoms. The number of halogens is 1. The van der Waals surface area contributed by atoms with Gasteiger partial charge in [0.25, 0.3) is 5.91 Å². The molecule has 3 saturated heterocycles. The van der Waals surface area contributed by atoms with Crippen molar-refractivity contribution in [3.63, 3.8) is 0 Å². The summed E-state index contributed by atoms with van der Waals surface area (Å²) < 4.78 is 19.3. The maximum Gasteiger partial charge on any atom is 0.254 e. The van der Waals surface area contributed by atoms with Crippen LogP contribution >= 0.6 is 0 Å².